The van der Waals surface area contributed by atoms with Gasteiger partial charge in [0.2, 0.25) is 0 Å². The van der Waals surface area contributed by atoms with E-state index in [4.69, 9.17) is 9.47 Å². The second kappa shape index (κ2) is 11.8. The summed E-state index contributed by atoms with van der Waals surface area (Å²) >= 11 is 0. The first-order valence-electron chi connectivity index (χ1n) is 11.2. The lowest BCUT2D eigenvalue weighted by Gasteiger charge is -2.31. The van der Waals surface area contributed by atoms with Gasteiger partial charge in [-0.3, -0.25) is 0 Å². The Hall–Kier alpha value is -3.43. The van der Waals surface area contributed by atoms with Gasteiger partial charge in [-0.2, -0.15) is 0 Å². The molecule has 35 heavy (non-hydrogen) atoms. The smallest absolute Gasteiger partial charge is 0.334 e. The molecule has 0 spiro atoms. The molecule has 0 radical (unpaired) electrons. The average Bonchev–Trinajstić information content (AvgIpc) is 2.73. The van der Waals surface area contributed by atoms with Crippen molar-refractivity contribution in [2.24, 2.45) is 0 Å². The van der Waals surface area contributed by atoms with E-state index in [1.165, 1.54) is 12.2 Å². The van der Waals surface area contributed by atoms with E-state index in [9.17, 15) is 24.6 Å². The fraction of sp³-hybridized carbons (Fsp3) is 0.423. The molecule has 0 aliphatic carbocycles. The maximum absolute atomic E-state index is 12.4. The quantitative estimate of drug-likeness (QED) is 0.260. The van der Waals surface area contributed by atoms with Crippen LogP contribution in [-0.4, -0.2) is 72.5 Å². The Bertz CT molecular complexity index is 1060. The molecule has 1 heterocycles. The van der Waals surface area contributed by atoms with Gasteiger partial charge in [-0.1, -0.05) is 24.3 Å². The van der Waals surface area contributed by atoms with E-state index in [2.05, 4.69) is 5.32 Å². The predicted octanol–water partition coefficient (Wildman–Crippen LogP) is 3.00. The van der Waals surface area contributed by atoms with Crippen molar-refractivity contribution in [2.45, 2.75) is 39.2 Å². The zero-order valence-electron chi connectivity index (χ0n) is 21.0. The van der Waals surface area contributed by atoms with E-state index >= 15 is 0 Å². The van der Waals surface area contributed by atoms with E-state index in [-0.39, 0.29) is 23.5 Å². The zero-order valence-corrected chi connectivity index (χ0v) is 21.0. The number of benzene rings is 1. The minimum atomic E-state index is -1.26. The van der Waals surface area contributed by atoms with Crippen LogP contribution >= 0.6 is 0 Å². The van der Waals surface area contributed by atoms with Gasteiger partial charge in [-0.25, -0.2) is 14.4 Å². The number of dihydropyridines is 1. The summed E-state index contributed by atoms with van der Waals surface area (Å²) in [5, 5.41) is 23.1. The molecule has 9 nitrogen and oxygen atoms in total. The lowest BCUT2D eigenvalue weighted by Crippen LogP contribution is -2.34. The van der Waals surface area contributed by atoms with Gasteiger partial charge in [0.1, 0.15) is 5.60 Å². The van der Waals surface area contributed by atoms with Gasteiger partial charge in [-0.05, 0) is 59.0 Å². The minimum absolute atomic E-state index is 0.0217. The average molecular weight is 487 g/mol. The van der Waals surface area contributed by atoms with Crippen molar-refractivity contribution in [2.75, 3.05) is 33.9 Å². The van der Waals surface area contributed by atoms with Crippen LogP contribution in [0.2, 0.25) is 0 Å². The Kier molecular flexibility index (Phi) is 9.39. The summed E-state index contributed by atoms with van der Waals surface area (Å²) in [6, 6.07) is 6.78. The first kappa shape index (κ1) is 27.8. The highest BCUT2D eigenvalue weighted by molar-refractivity contribution is 5.99. The zero-order chi connectivity index (χ0) is 26.3. The van der Waals surface area contributed by atoms with E-state index in [1.54, 1.807) is 52.0 Å². The van der Waals surface area contributed by atoms with E-state index < -0.39 is 29.4 Å². The molecule has 1 atom stereocenters. The maximum atomic E-state index is 12.4. The molecule has 1 aromatic carbocycles. The van der Waals surface area contributed by atoms with Crippen molar-refractivity contribution in [3.05, 3.63) is 64.0 Å². The highest BCUT2D eigenvalue weighted by Gasteiger charge is 2.38. The molecule has 0 saturated carbocycles. The molecule has 1 aliphatic heterocycles. The van der Waals surface area contributed by atoms with Crippen LogP contribution in [0.3, 0.4) is 0 Å². The predicted molar refractivity (Wildman–Crippen MR) is 132 cm³/mol. The van der Waals surface area contributed by atoms with Gasteiger partial charge in [0, 0.05) is 18.3 Å². The standard InChI is InChI=1S/C26H34N2O7/c1-16-21(24(30)31)22(23(25(32)33)19(27-16)15-34-14-13-28(5)6)18-10-8-7-9-17(18)11-12-20(29)35-26(2,3)4/h7-12,22,27H,13-15H2,1-6H3,(H,30,31)(H,32,33)/b12-11+. The summed E-state index contributed by atoms with van der Waals surface area (Å²) in [6.07, 6.45) is 2.75. The number of hydrogen-bond acceptors (Lipinski definition) is 7. The molecule has 0 amide bonds. The third-order valence-corrected chi connectivity index (χ3v) is 5.15. The summed E-state index contributed by atoms with van der Waals surface area (Å²) in [5.74, 6) is -4.15. The van der Waals surface area contributed by atoms with Crippen LogP contribution in [0.4, 0.5) is 0 Å². The number of aliphatic carboxylic acids is 2. The van der Waals surface area contributed by atoms with Gasteiger partial charge >= 0.3 is 17.9 Å². The molecular weight excluding hydrogens is 452 g/mol. The second-order valence-corrected chi connectivity index (χ2v) is 9.45. The van der Waals surface area contributed by atoms with Crippen molar-refractivity contribution in [1.29, 1.82) is 0 Å². The largest absolute Gasteiger partial charge is 0.478 e. The molecule has 1 aliphatic rings. The van der Waals surface area contributed by atoms with Crippen LogP contribution in [0.15, 0.2) is 52.9 Å². The van der Waals surface area contributed by atoms with Crippen LogP contribution in [0, 0.1) is 0 Å². The number of likely N-dealkylation sites (N-methyl/N-ethyl adjacent to an activating group) is 1. The fourth-order valence-electron chi connectivity index (χ4n) is 3.70. The number of carbonyl (C=O) groups is 3. The first-order valence-corrected chi connectivity index (χ1v) is 11.2. The molecule has 0 saturated heterocycles. The van der Waals surface area contributed by atoms with Crippen LogP contribution in [-0.2, 0) is 23.9 Å². The Balaban J connectivity index is 2.56. The number of nitrogens with one attached hydrogen (secondary N) is 1. The van der Waals surface area contributed by atoms with E-state index in [1.807, 2.05) is 19.0 Å². The van der Waals surface area contributed by atoms with Crippen molar-refractivity contribution in [3.8, 4) is 0 Å². The van der Waals surface area contributed by atoms with Crippen LogP contribution < -0.4 is 5.32 Å². The van der Waals surface area contributed by atoms with Crippen LogP contribution in [0.1, 0.15) is 44.7 Å². The molecule has 0 aromatic heterocycles. The summed E-state index contributed by atoms with van der Waals surface area (Å²) in [4.78, 5) is 38.8. The minimum Gasteiger partial charge on any atom is -0.478 e. The number of rotatable bonds is 10. The second-order valence-electron chi connectivity index (χ2n) is 9.45. The number of esters is 1. The Morgan fingerprint density at radius 1 is 1.09 bits per heavy atom. The number of allylic oxidation sites excluding steroid dienone is 1. The van der Waals surface area contributed by atoms with E-state index in [0.29, 0.717) is 30.0 Å². The number of carboxylic acid groups (broad SMARTS) is 2. The van der Waals surface area contributed by atoms with Gasteiger partial charge in [-0.15, -0.1) is 0 Å². The van der Waals surface area contributed by atoms with Crippen molar-refractivity contribution < 1.29 is 34.1 Å². The first-order chi connectivity index (χ1) is 16.3. The monoisotopic (exact) mass is 486 g/mol. The van der Waals surface area contributed by atoms with Gasteiger partial charge in [0.05, 0.1) is 36.0 Å². The number of ether oxygens (including phenoxy) is 2. The van der Waals surface area contributed by atoms with Crippen molar-refractivity contribution >= 4 is 24.0 Å². The summed E-state index contributed by atoms with van der Waals surface area (Å²) < 4.78 is 11.0. The number of carboxylic acids is 2. The molecule has 0 bridgehead atoms. The van der Waals surface area contributed by atoms with Gasteiger partial charge in [0.15, 0.2) is 0 Å². The summed E-state index contributed by atoms with van der Waals surface area (Å²) in [5.41, 5.74) is 0.678. The van der Waals surface area contributed by atoms with Gasteiger partial charge in [0.25, 0.3) is 0 Å². The molecule has 1 unspecified atom stereocenters. The van der Waals surface area contributed by atoms with Crippen LogP contribution in [0.25, 0.3) is 6.08 Å². The van der Waals surface area contributed by atoms with Crippen molar-refractivity contribution in [3.63, 3.8) is 0 Å². The topological polar surface area (TPSA) is 125 Å². The van der Waals surface area contributed by atoms with E-state index in [0.717, 1.165) is 0 Å². The fourth-order valence-corrected chi connectivity index (χ4v) is 3.70. The molecule has 2 rings (SSSR count). The molecular formula is C26H34N2O7. The van der Waals surface area contributed by atoms with Crippen LogP contribution in [0.5, 0.6) is 0 Å². The molecule has 0 fully saturated rings. The Morgan fingerprint density at radius 3 is 2.29 bits per heavy atom. The highest BCUT2D eigenvalue weighted by Crippen LogP contribution is 2.40. The summed E-state index contributed by atoms with van der Waals surface area (Å²) in [7, 11) is 3.79. The maximum Gasteiger partial charge on any atom is 0.334 e. The third kappa shape index (κ3) is 7.80. The lowest BCUT2D eigenvalue weighted by molar-refractivity contribution is -0.148. The molecule has 9 heteroatoms. The highest BCUT2D eigenvalue weighted by atomic mass is 16.6. The molecule has 190 valence electrons. The van der Waals surface area contributed by atoms with Crippen molar-refractivity contribution in [1.82, 2.24) is 10.2 Å². The normalized spacial score (nSPS) is 16.6. The number of nitrogens with zero attached hydrogens (tertiary/aromatic N) is 1. The molecule has 1 aromatic rings. The number of hydrogen-bond donors (Lipinski definition) is 3. The van der Waals surface area contributed by atoms with Gasteiger partial charge < -0.3 is 29.9 Å². The molecule has 3 N–H and O–H groups in total. The third-order valence-electron chi connectivity index (χ3n) is 5.15. The Morgan fingerprint density at radius 2 is 1.71 bits per heavy atom. The summed E-state index contributed by atoms with van der Waals surface area (Å²) in [6.45, 7) is 7.84. The lowest BCUT2D eigenvalue weighted by atomic mass is 9.78. The Labute approximate surface area is 205 Å². The number of carbonyl (C=O) groups excluding carboxylic acids is 1. The SMILES string of the molecule is CC1=C(C(=O)O)C(c2ccccc2/C=C/C(=O)OC(C)(C)C)C(C(=O)O)=C(COCCN(C)C)N1.